The lowest BCUT2D eigenvalue weighted by Crippen LogP contribution is -2.48. The van der Waals surface area contributed by atoms with Gasteiger partial charge in [0.15, 0.2) is 0 Å². The van der Waals surface area contributed by atoms with Gasteiger partial charge in [-0.15, -0.1) is 0 Å². The molecule has 0 bridgehead atoms. The molecule has 1 fully saturated rings. The van der Waals surface area contributed by atoms with Crippen LogP contribution < -0.4 is 5.32 Å². The molecule has 1 rings (SSSR count). The van der Waals surface area contributed by atoms with E-state index in [9.17, 15) is 0 Å². The maximum atomic E-state index is 5.61. The van der Waals surface area contributed by atoms with Gasteiger partial charge in [-0.1, -0.05) is 20.8 Å². The Morgan fingerprint density at radius 1 is 1.33 bits per heavy atom. The van der Waals surface area contributed by atoms with Gasteiger partial charge in [-0.05, 0) is 18.3 Å². The van der Waals surface area contributed by atoms with Crippen LogP contribution in [0.15, 0.2) is 0 Å². The Morgan fingerprint density at radius 2 is 2.00 bits per heavy atom. The van der Waals surface area contributed by atoms with E-state index in [2.05, 4.69) is 26.1 Å². The molecule has 1 heterocycles. The standard InChI is InChI=1S/C10H21NO/c1-10(2,3)5-4-6-12-9-7-11-8-9/h9,11H,4-8H2,1-3H3. The summed E-state index contributed by atoms with van der Waals surface area (Å²) < 4.78 is 5.61. The number of ether oxygens (including phenoxy) is 1. The Labute approximate surface area is 75.7 Å². The predicted octanol–water partition coefficient (Wildman–Crippen LogP) is 1.80. The molecule has 0 saturated carbocycles. The van der Waals surface area contributed by atoms with Gasteiger partial charge < -0.3 is 10.1 Å². The highest BCUT2D eigenvalue weighted by Crippen LogP contribution is 2.20. The number of hydrogen-bond donors (Lipinski definition) is 1. The normalized spacial score (nSPS) is 19.2. The average molecular weight is 171 g/mol. The highest BCUT2D eigenvalue weighted by Gasteiger charge is 2.17. The van der Waals surface area contributed by atoms with Crippen LogP contribution in [0.5, 0.6) is 0 Å². The van der Waals surface area contributed by atoms with Crippen LogP contribution in [0.2, 0.25) is 0 Å². The van der Waals surface area contributed by atoms with Crippen LogP contribution in [0.3, 0.4) is 0 Å². The predicted molar refractivity (Wildman–Crippen MR) is 51.3 cm³/mol. The molecular weight excluding hydrogens is 150 g/mol. The highest BCUT2D eigenvalue weighted by molar-refractivity contribution is 4.74. The maximum Gasteiger partial charge on any atom is 0.0823 e. The van der Waals surface area contributed by atoms with Gasteiger partial charge in [0.25, 0.3) is 0 Å². The van der Waals surface area contributed by atoms with E-state index in [1.807, 2.05) is 0 Å². The molecule has 0 aromatic heterocycles. The van der Waals surface area contributed by atoms with E-state index in [4.69, 9.17) is 4.74 Å². The van der Waals surface area contributed by atoms with Gasteiger partial charge in [0, 0.05) is 19.7 Å². The molecule has 2 nitrogen and oxygen atoms in total. The first-order valence-electron chi connectivity index (χ1n) is 4.90. The van der Waals surface area contributed by atoms with E-state index in [-0.39, 0.29) is 0 Å². The summed E-state index contributed by atoms with van der Waals surface area (Å²) in [5.74, 6) is 0. The van der Waals surface area contributed by atoms with Crippen molar-refractivity contribution in [3.05, 3.63) is 0 Å². The van der Waals surface area contributed by atoms with Crippen molar-refractivity contribution in [3.63, 3.8) is 0 Å². The second-order valence-electron chi connectivity index (χ2n) is 4.82. The van der Waals surface area contributed by atoms with Gasteiger partial charge in [-0.3, -0.25) is 0 Å². The number of rotatable bonds is 4. The lowest BCUT2D eigenvalue weighted by molar-refractivity contribution is 0.0143. The molecule has 0 radical (unpaired) electrons. The van der Waals surface area contributed by atoms with Crippen molar-refractivity contribution in [2.75, 3.05) is 19.7 Å². The summed E-state index contributed by atoms with van der Waals surface area (Å²) in [5.41, 5.74) is 0.460. The highest BCUT2D eigenvalue weighted by atomic mass is 16.5. The van der Waals surface area contributed by atoms with Crippen molar-refractivity contribution >= 4 is 0 Å². The Morgan fingerprint density at radius 3 is 2.42 bits per heavy atom. The third-order valence-corrected chi connectivity index (χ3v) is 2.17. The van der Waals surface area contributed by atoms with Crippen molar-refractivity contribution in [2.45, 2.75) is 39.7 Å². The van der Waals surface area contributed by atoms with Crippen molar-refractivity contribution in [1.29, 1.82) is 0 Å². The van der Waals surface area contributed by atoms with Crippen LogP contribution in [-0.4, -0.2) is 25.8 Å². The second-order valence-corrected chi connectivity index (χ2v) is 4.82. The van der Waals surface area contributed by atoms with Gasteiger partial charge in [-0.2, -0.15) is 0 Å². The van der Waals surface area contributed by atoms with E-state index in [0.29, 0.717) is 11.5 Å². The Bertz CT molecular complexity index is 124. The lowest BCUT2D eigenvalue weighted by Gasteiger charge is -2.27. The van der Waals surface area contributed by atoms with Crippen LogP contribution in [0.1, 0.15) is 33.6 Å². The third-order valence-electron chi connectivity index (χ3n) is 2.17. The van der Waals surface area contributed by atoms with Gasteiger partial charge in [-0.25, -0.2) is 0 Å². The summed E-state index contributed by atoms with van der Waals surface area (Å²) in [7, 11) is 0. The molecule has 12 heavy (non-hydrogen) atoms. The van der Waals surface area contributed by atoms with Crippen LogP contribution in [-0.2, 0) is 4.74 Å². The Hall–Kier alpha value is -0.0800. The van der Waals surface area contributed by atoms with Crippen molar-refractivity contribution in [2.24, 2.45) is 5.41 Å². The van der Waals surface area contributed by atoms with E-state index in [0.717, 1.165) is 19.7 Å². The summed E-state index contributed by atoms with van der Waals surface area (Å²) in [5, 5.41) is 3.19. The quantitative estimate of drug-likeness (QED) is 0.651. The first-order valence-corrected chi connectivity index (χ1v) is 4.90. The van der Waals surface area contributed by atoms with Gasteiger partial charge in [0.2, 0.25) is 0 Å². The summed E-state index contributed by atoms with van der Waals surface area (Å²) in [4.78, 5) is 0. The molecule has 1 aliphatic rings. The van der Waals surface area contributed by atoms with Crippen LogP contribution in [0, 0.1) is 5.41 Å². The fraction of sp³-hybridized carbons (Fsp3) is 1.00. The minimum Gasteiger partial charge on any atom is -0.376 e. The van der Waals surface area contributed by atoms with Gasteiger partial charge in [0.1, 0.15) is 0 Å². The molecule has 0 aromatic rings. The minimum atomic E-state index is 0.460. The van der Waals surface area contributed by atoms with E-state index < -0.39 is 0 Å². The first kappa shape index (κ1) is 10.0. The molecule has 1 aliphatic heterocycles. The SMILES string of the molecule is CC(C)(C)CCCOC1CNC1. The third kappa shape index (κ3) is 4.07. The molecular formula is C10H21NO. The summed E-state index contributed by atoms with van der Waals surface area (Å²) in [6.07, 6.45) is 2.96. The molecule has 0 unspecified atom stereocenters. The Kier molecular flexibility index (Phi) is 3.53. The fourth-order valence-corrected chi connectivity index (χ4v) is 1.23. The second kappa shape index (κ2) is 4.24. The zero-order valence-corrected chi connectivity index (χ0v) is 8.52. The molecule has 0 spiro atoms. The summed E-state index contributed by atoms with van der Waals surface area (Å²) in [6, 6.07) is 0. The summed E-state index contributed by atoms with van der Waals surface area (Å²) >= 11 is 0. The number of nitrogens with one attached hydrogen (secondary N) is 1. The molecule has 72 valence electrons. The minimum absolute atomic E-state index is 0.460. The molecule has 0 aromatic carbocycles. The molecule has 0 aliphatic carbocycles. The van der Waals surface area contributed by atoms with Gasteiger partial charge >= 0.3 is 0 Å². The van der Waals surface area contributed by atoms with Crippen molar-refractivity contribution in [1.82, 2.24) is 5.32 Å². The van der Waals surface area contributed by atoms with Crippen LogP contribution >= 0.6 is 0 Å². The summed E-state index contributed by atoms with van der Waals surface area (Å²) in [6.45, 7) is 9.86. The van der Waals surface area contributed by atoms with Crippen molar-refractivity contribution < 1.29 is 4.74 Å². The van der Waals surface area contributed by atoms with Gasteiger partial charge in [0.05, 0.1) is 6.10 Å². The number of hydrogen-bond acceptors (Lipinski definition) is 2. The smallest absolute Gasteiger partial charge is 0.0823 e. The maximum absolute atomic E-state index is 5.61. The van der Waals surface area contributed by atoms with Crippen LogP contribution in [0.25, 0.3) is 0 Å². The van der Waals surface area contributed by atoms with E-state index in [1.54, 1.807) is 0 Å². The van der Waals surface area contributed by atoms with Crippen molar-refractivity contribution in [3.8, 4) is 0 Å². The van der Waals surface area contributed by atoms with Crippen LogP contribution in [0.4, 0.5) is 0 Å². The average Bonchev–Trinajstić information content (AvgIpc) is 1.80. The van der Waals surface area contributed by atoms with E-state index >= 15 is 0 Å². The monoisotopic (exact) mass is 171 g/mol. The van der Waals surface area contributed by atoms with E-state index in [1.165, 1.54) is 12.8 Å². The molecule has 2 heteroatoms. The topological polar surface area (TPSA) is 21.3 Å². The molecule has 0 amide bonds. The largest absolute Gasteiger partial charge is 0.376 e. The first-order chi connectivity index (χ1) is 5.58. The Balaban J connectivity index is 1.88. The molecule has 1 N–H and O–H groups in total. The lowest BCUT2D eigenvalue weighted by atomic mass is 9.91. The zero-order valence-electron chi connectivity index (χ0n) is 8.52. The molecule has 1 saturated heterocycles. The fourth-order valence-electron chi connectivity index (χ4n) is 1.23. The molecule has 0 atom stereocenters. The zero-order chi connectivity index (χ0) is 9.03.